The second-order valence-corrected chi connectivity index (χ2v) is 4.20. The van der Waals surface area contributed by atoms with E-state index in [9.17, 15) is 0 Å². The summed E-state index contributed by atoms with van der Waals surface area (Å²) in [4.78, 5) is 0. The molecule has 3 nitrogen and oxygen atoms in total. The monoisotopic (exact) mass is 193 g/mol. The third-order valence-corrected chi connectivity index (χ3v) is 3.23. The minimum absolute atomic E-state index is 0.208. The highest BCUT2D eigenvalue weighted by Gasteiger charge is 2.36. The van der Waals surface area contributed by atoms with Crippen molar-refractivity contribution >= 4 is 0 Å². The molecule has 1 N–H and O–H groups in total. The van der Waals surface area contributed by atoms with E-state index in [1.165, 1.54) is 31.4 Å². The highest BCUT2D eigenvalue weighted by atomic mass is 15.3. The second-order valence-electron chi connectivity index (χ2n) is 4.20. The summed E-state index contributed by atoms with van der Waals surface area (Å²) in [6, 6.07) is 2.15. The highest BCUT2D eigenvalue weighted by molar-refractivity contribution is 5.16. The van der Waals surface area contributed by atoms with Crippen molar-refractivity contribution in [1.29, 1.82) is 0 Å². The van der Waals surface area contributed by atoms with Crippen LogP contribution in [0.25, 0.3) is 0 Å². The summed E-state index contributed by atoms with van der Waals surface area (Å²) in [5.41, 5.74) is 1.55. The summed E-state index contributed by atoms with van der Waals surface area (Å²) >= 11 is 0. The molecule has 1 saturated heterocycles. The summed E-state index contributed by atoms with van der Waals surface area (Å²) in [5, 5.41) is 7.92. The van der Waals surface area contributed by atoms with Gasteiger partial charge in [-0.3, -0.25) is 4.68 Å². The van der Waals surface area contributed by atoms with Crippen molar-refractivity contribution in [3.05, 3.63) is 18.0 Å². The Morgan fingerprint density at radius 1 is 1.64 bits per heavy atom. The van der Waals surface area contributed by atoms with Crippen LogP contribution in [0.3, 0.4) is 0 Å². The van der Waals surface area contributed by atoms with Gasteiger partial charge in [0.25, 0.3) is 0 Å². The van der Waals surface area contributed by atoms with Gasteiger partial charge in [-0.2, -0.15) is 5.10 Å². The summed E-state index contributed by atoms with van der Waals surface area (Å²) in [5.74, 6) is 0. The van der Waals surface area contributed by atoms with E-state index >= 15 is 0 Å². The minimum Gasteiger partial charge on any atom is -0.306 e. The van der Waals surface area contributed by atoms with E-state index in [4.69, 9.17) is 0 Å². The number of hydrogen-bond donors (Lipinski definition) is 1. The molecule has 1 fully saturated rings. The molecule has 1 aromatic heterocycles. The molecule has 1 aliphatic rings. The van der Waals surface area contributed by atoms with Crippen LogP contribution in [0.5, 0.6) is 0 Å². The number of nitrogens with one attached hydrogen (secondary N) is 1. The predicted molar refractivity (Wildman–Crippen MR) is 57.0 cm³/mol. The lowest BCUT2D eigenvalue weighted by Gasteiger charge is -2.29. The van der Waals surface area contributed by atoms with Crippen molar-refractivity contribution in [2.75, 3.05) is 6.54 Å². The zero-order valence-corrected chi connectivity index (χ0v) is 9.08. The van der Waals surface area contributed by atoms with Crippen LogP contribution in [-0.4, -0.2) is 16.3 Å². The van der Waals surface area contributed by atoms with Gasteiger partial charge in [0.15, 0.2) is 0 Å². The van der Waals surface area contributed by atoms with Crippen molar-refractivity contribution in [3.8, 4) is 0 Å². The second kappa shape index (κ2) is 3.73. The summed E-state index contributed by atoms with van der Waals surface area (Å²) in [6.45, 7) is 3.39. The van der Waals surface area contributed by atoms with Gasteiger partial charge in [0.05, 0.1) is 11.2 Å². The van der Waals surface area contributed by atoms with Gasteiger partial charge in [-0.1, -0.05) is 13.3 Å². The molecule has 1 aliphatic heterocycles. The van der Waals surface area contributed by atoms with E-state index in [0.717, 1.165) is 6.54 Å². The van der Waals surface area contributed by atoms with E-state index in [-0.39, 0.29) is 5.54 Å². The molecule has 1 atom stereocenters. The van der Waals surface area contributed by atoms with Crippen LogP contribution in [0, 0.1) is 0 Å². The molecule has 0 aromatic carbocycles. The molecule has 0 radical (unpaired) electrons. The Bertz CT molecular complexity index is 297. The molecular weight excluding hydrogens is 174 g/mol. The van der Waals surface area contributed by atoms with Gasteiger partial charge in [0, 0.05) is 13.2 Å². The van der Waals surface area contributed by atoms with Crippen LogP contribution in [-0.2, 0) is 12.6 Å². The van der Waals surface area contributed by atoms with Gasteiger partial charge in [-0.05, 0) is 31.9 Å². The average molecular weight is 193 g/mol. The third-order valence-electron chi connectivity index (χ3n) is 3.23. The first kappa shape index (κ1) is 9.71. The molecule has 3 heteroatoms. The van der Waals surface area contributed by atoms with Gasteiger partial charge in [0.2, 0.25) is 0 Å². The standard InChI is InChI=1S/C11H19N3/c1-3-6-11(7-4-8-12-11)10-5-9-13-14(10)2/h5,9,12H,3-4,6-8H2,1-2H3. The molecule has 1 unspecified atom stereocenters. The van der Waals surface area contributed by atoms with E-state index in [0.29, 0.717) is 0 Å². The van der Waals surface area contributed by atoms with E-state index in [2.05, 4.69) is 23.4 Å². The van der Waals surface area contributed by atoms with Crippen molar-refractivity contribution in [2.45, 2.75) is 38.1 Å². The van der Waals surface area contributed by atoms with Gasteiger partial charge < -0.3 is 5.32 Å². The Kier molecular flexibility index (Phi) is 2.59. The zero-order valence-electron chi connectivity index (χ0n) is 9.08. The van der Waals surface area contributed by atoms with Gasteiger partial charge in [-0.15, -0.1) is 0 Å². The molecule has 2 rings (SSSR count). The molecule has 0 amide bonds. The quantitative estimate of drug-likeness (QED) is 0.793. The van der Waals surface area contributed by atoms with Gasteiger partial charge >= 0.3 is 0 Å². The number of hydrogen-bond acceptors (Lipinski definition) is 2. The predicted octanol–water partition coefficient (Wildman–Crippen LogP) is 1.80. The Labute approximate surface area is 85.5 Å². The van der Waals surface area contributed by atoms with Crippen molar-refractivity contribution in [2.24, 2.45) is 7.05 Å². The Morgan fingerprint density at radius 2 is 2.50 bits per heavy atom. The van der Waals surface area contributed by atoms with E-state index < -0.39 is 0 Å². The van der Waals surface area contributed by atoms with Crippen LogP contribution >= 0.6 is 0 Å². The third kappa shape index (κ3) is 1.46. The SMILES string of the molecule is CCCC1(c2ccnn2C)CCCN1. The fourth-order valence-corrected chi connectivity index (χ4v) is 2.64. The highest BCUT2D eigenvalue weighted by Crippen LogP contribution is 2.34. The van der Waals surface area contributed by atoms with E-state index in [1.54, 1.807) is 0 Å². The molecular formula is C11H19N3. The summed E-state index contributed by atoms with van der Waals surface area (Å²) in [6.07, 6.45) is 6.86. The largest absolute Gasteiger partial charge is 0.306 e. The Balaban J connectivity index is 2.31. The Morgan fingerprint density at radius 3 is 3.00 bits per heavy atom. The summed E-state index contributed by atoms with van der Waals surface area (Å²) < 4.78 is 2.01. The Hall–Kier alpha value is -0.830. The van der Waals surface area contributed by atoms with Crippen LogP contribution < -0.4 is 5.32 Å². The average Bonchev–Trinajstić information content (AvgIpc) is 2.75. The lowest BCUT2D eigenvalue weighted by molar-refractivity contribution is 0.331. The van der Waals surface area contributed by atoms with Crippen molar-refractivity contribution in [3.63, 3.8) is 0 Å². The van der Waals surface area contributed by atoms with Gasteiger partial charge in [-0.25, -0.2) is 0 Å². The molecule has 78 valence electrons. The van der Waals surface area contributed by atoms with Crippen molar-refractivity contribution < 1.29 is 0 Å². The fourth-order valence-electron chi connectivity index (χ4n) is 2.64. The maximum atomic E-state index is 4.27. The number of aromatic nitrogens is 2. The lowest BCUT2D eigenvalue weighted by atomic mass is 9.88. The number of rotatable bonds is 3. The van der Waals surface area contributed by atoms with Gasteiger partial charge in [0.1, 0.15) is 0 Å². The molecule has 1 aromatic rings. The van der Waals surface area contributed by atoms with Crippen LogP contribution in [0.1, 0.15) is 38.3 Å². The first-order valence-electron chi connectivity index (χ1n) is 5.52. The van der Waals surface area contributed by atoms with Crippen molar-refractivity contribution in [1.82, 2.24) is 15.1 Å². The first-order chi connectivity index (χ1) is 6.78. The van der Waals surface area contributed by atoms with E-state index in [1.807, 2.05) is 17.9 Å². The first-order valence-corrected chi connectivity index (χ1v) is 5.52. The maximum Gasteiger partial charge on any atom is 0.0605 e. The molecule has 0 saturated carbocycles. The number of aryl methyl sites for hydroxylation is 1. The molecule has 0 bridgehead atoms. The normalized spacial score (nSPS) is 27.0. The number of nitrogens with zero attached hydrogens (tertiary/aromatic N) is 2. The topological polar surface area (TPSA) is 29.9 Å². The molecule has 0 spiro atoms. The molecule has 2 heterocycles. The molecule has 14 heavy (non-hydrogen) atoms. The summed E-state index contributed by atoms with van der Waals surface area (Å²) in [7, 11) is 2.03. The van der Waals surface area contributed by atoms with Crippen LogP contribution in [0.15, 0.2) is 12.3 Å². The lowest BCUT2D eigenvalue weighted by Crippen LogP contribution is -2.38. The zero-order chi connectivity index (χ0) is 10.0. The van der Waals surface area contributed by atoms with Crippen LogP contribution in [0.2, 0.25) is 0 Å². The fraction of sp³-hybridized carbons (Fsp3) is 0.727. The maximum absolute atomic E-state index is 4.27. The van der Waals surface area contributed by atoms with Crippen LogP contribution in [0.4, 0.5) is 0 Å². The minimum atomic E-state index is 0.208. The smallest absolute Gasteiger partial charge is 0.0605 e. The molecule has 0 aliphatic carbocycles.